The van der Waals surface area contributed by atoms with Crippen molar-refractivity contribution in [3.8, 4) is 0 Å². The van der Waals surface area contributed by atoms with Crippen molar-refractivity contribution in [1.29, 1.82) is 0 Å². The molecule has 0 aliphatic carbocycles. The number of rotatable bonds is 5. The molecule has 0 aromatic heterocycles. The molecule has 1 aromatic rings. The minimum atomic E-state index is -0.452. The second-order valence-corrected chi connectivity index (χ2v) is 4.78. The molecule has 1 unspecified atom stereocenters. The van der Waals surface area contributed by atoms with Crippen molar-refractivity contribution in [1.82, 2.24) is 10.2 Å². The summed E-state index contributed by atoms with van der Waals surface area (Å²) >= 11 is 0. The maximum absolute atomic E-state index is 12.0. The van der Waals surface area contributed by atoms with E-state index in [1.54, 1.807) is 4.90 Å². The molecule has 1 amide bonds. The van der Waals surface area contributed by atoms with Crippen LogP contribution in [0.4, 0.5) is 0 Å². The fourth-order valence-corrected chi connectivity index (χ4v) is 2.23. The van der Waals surface area contributed by atoms with Crippen molar-refractivity contribution in [3.63, 3.8) is 0 Å². The van der Waals surface area contributed by atoms with Gasteiger partial charge >= 0.3 is 5.97 Å². The van der Waals surface area contributed by atoms with E-state index in [4.69, 9.17) is 4.74 Å². The third kappa shape index (κ3) is 3.81. The van der Waals surface area contributed by atoms with Crippen LogP contribution in [0.25, 0.3) is 0 Å². The molecule has 1 atom stereocenters. The second kappa shape index (κ2) is 7.05. The van der Waals surface area contributed by atoms with Gasteiger partial charge in [0, 0.05) is 19.6 Å². The van der Waals surface area contributed by atoms with Crippen LogP contribution in [0.1, 0.15) is 18.9 Å². The molecular weight excluding hydrogens is 256 g/mol. The van der Waals surface area contributed by atoms with E-state index in [0.29, 0.717) is 13.1 Å². The molecule has 0 bridgehead atoms. The molecule has 0 spiro atoms. The Kier molecular flexibility index (Phi) is 5.12. The maximum atomic E-state index is 12.0. The topological polar surface area (TPSA) is 58.6 Å². The molecular formula is C15H20N2O3. The standard InChI is InChI=1S/C15H20N2O3/c1-2-17-9-8-16-13(15(17)19)10-14(18)20-11-12-6-4-3-5-7-12/h3-7,13,16H,2,8-11H2,1H3. The van der Waals surface area contributed by atoms with Crippen LogP contribution in [0.15, 0.2) is 30.3 Å². The predicted molar refractivity (Wildman–Crippen MR) is 74.9 cm³/mol. The Hall–Kier alpha value is -1.88. The number of hydrogen-bond acceptors (Lipinski definition) is 4. The number of esters is 1. The summed E-state index contributed by atoms with van der Waals surface area (Å²) in [6, 6.07) is 9.05. The summed E-state index contributed by atoms with van der Waals surface area (Å²) in [5.41, 5.74) is 0.943. The number of ether oxygens (including phenoxy) is 1. The molecule has 108 valence electrons. The Morgan fingerprint density at radius 3 is 2.85 bits per heavy atom. The fraction of sp³-hybridized carbons (Fsp3) is 0.467. The molecule has 2 rings (SSSR count). The summed E-state index contributed by atoms with van der Waals surface area (Å²) in [6.07, 6.45) is 0.0855. The van der Waals surface area contributed by atoms with Gasteiger partial charge in [0.1, 0.15) is 6.61 Å². The number of piperazine rings is 1. The number of benzene rings is 1. The van der Waals surface area contributed by atoms with Crippen molar-refractivity contribution < 1.29 is 14.3 Å². The molecule has 1 saturated heterocycles. The van der Waals surface area contributed by atoms with E-state index in [1.807, 2.05) is 37.3 Å². The third-order valence-corrected chi connectivity index (χ3v) is 3.38. The van der Waals surface area contributed by atoms with Gasteiger partial charge in [0.05, 0.1) is 12.5 Å². The lowest BCUT2D eigenvalue weighted by atomic mass is 10.1. The van der Waals surface area contributed by atoms with E-state index < -0.39 is 6.04 Å². The SMILES string of the molecule is CCN1CCNC(CC(=O)OCc2ccccc2)C1=O. The monoisotopic (exact) mass is 276 g/mol. The van der Waals surface area contributed by atoms with Gasteiger partial charge in [-0.1, -0.05) is 30.3 Å². The van der Waals surface area contributed by atoms with Gasteiger partial charge in [-0.25, -0.2) is 0 Å². The zero-order valence-electron chi connectivity index (χ0n) is 11.7. The van der Waals surface area contributed by atoms with Crippen molar-refractivity contribution in [2.24, 2.45) is 0 Å². The van der Waals surface area contributed by atoms with E-state index in [1.165, 1.54) is 0 Å². The zero-order valence-corrected chi connectivity index (χ0v) is 11.7. The number of carbonyl (C=O) groups excluding carboxylic acids is 2. The average molecular weight is 276 g/mol. The van der Waals surface area contributed by atoms with E-state index in [0.717, 1.165) is 12.1 Å². The van der Waals surface area contributed by atoms with Gasteiger partial charge < -0.3 is 15.0 Å². The maximum Gasteiger partial charge on any atom is 0.308 e. The van der Waals surface area contributed by atoms with E-state index in [9.17, 15) is 9.59 Å². The van der Waals surface area contributed by atoms with Gasteiger partial charge in [0.15, 0.2) is 0 Å². The Morgan fingerprint density at radius 2 is 2.15 bits per heavy atom. The van der Waals surface area contributed by atoms with Gasteiger partial charge in [-0.15, -0.1) is 0 Å². The predicted octanol–water partition coefficient (Wildman–Crippen LogP) is 0.940. The third-order valence-electron chi connectivity index (χ3n) is 3.38. The van der Waals surface area contributed by atoms with Gasteiger partial charge in [0.2, 0.25) is 5.91 Å². The zero-order chi connectivity index (χ0) is 14.4. The number of nitrogens with zero attached hydrogens (tertiary/aromatic N) is 1. The van der Waals surface area contributed by atoms with Gasteiger partial charge in [-0.05, 0) is 12.5 Å². The summed E-state index contributed by atoms with van der Waals surface area (Å²) < 4.78 is 5.20. The van der Waals surface area contributed by atoms with Crippen LogP contribution in [0.2, 0.25) is 0 Å². The lowest BCUT2D eigenvalue weighted by Gasteiger charge is -2.31. The largest absolute Gasteiger partial charge is 0.461 e. The average Bonchev–Trinajstić information content (AvgIpc) is 2.48. The molecule has 5 nitrogen and oxygen atoms in total. The number of amides is 1. The Balaban J connectivity index is 1.80. The first-order chi connectivity index (χ1) is 9.70. The molecule has 1 heterocycles. The second-order valence-electron chi connectivity index (χ2n) is 4.78. The van der Waals surface area contributed by atoms with Crippen molar-refractivity contribution in [2.45, 2.75) is 26.0 Å². The molecule has 1 N–H and O–H groups in total. The summed E-state index contributed by atoms with van der Waals surface area (Å²) in [4.78, 5) is 25.6. The van der Waals surface area contributed by atoms with E-state index in [2.05, 4.69) is 5.32 Å². The number of hydrogen-bond donors (Lipinski definition) is 1. The Labute approximate surface area is 118 Å². The van der Waals surface area contributed by atoms with Gasteiger partial charge in [-0.3, -0.25) is 9.59 Å². The van der Waals surface area contributed by atoms with Crippen LogP contribution in [-0.4, -0.2) is 42.5 Å². The first kappa shape index (κ1) is 14.5. The molecule has 1 aromatic carbocycles. The lowest BCUT2D eigenvalue weighted by Crippen LogP contribution is -2.55. The highest BCUT2D eigenvalue weighted by Crippen LogP contribution is 2.07. The first-order valence-electron chi connectivity index (χ1n) is 6.92. The first-order valence-corrected chi connectivity index (χ1v) is 6.92. The molecule has 5 heteroatoms. The summed E-state index contributed by atoms with van der Waals surface area (Å²) in [5.74, 6) is -0.368. The van der Waals surface area contributed by atoms with Crippen molar-refractivity contribution in [3.05, 3.63) is 35.9 Å². The smallest absolute Gasteiger partial charge is 0.308 e. The molecule has 20 heavy (non-hydrogen) atoms. The van der Waals surface area contributed by atoms with Crippen LogP contribution >= 0.6 is 0 Å². The minimum absolute atomic E-state index is 0.0181. The van der Waals surface area contributed by atoms with Gasteiger partial charge in [-0.2, -0.15) is 0 Å². The summed E-state index contributed by atoms with van der Waals surface area (Å²) in [5, 5.41) is 3.07. The van der Waals surface area contributed by atoms with Crippen LogP contribution < -0.4 is 5.32 Å². The Bertz CT molecular complexity index is 461. The quantitative estimate of drug-likeness (QED) is 0.813. The minimum Gasteiger partial charge on any atom is -0.461 e. The van der Waals surface area contributed by atoms with Crippen LogP contribution in [-0.2, 0) is 20.9 Å². The molecule has 1 aliphatic heterocycles. The van der Waals surface area contributed by atoms with Crippen LogP contribution in [0.3, 0.4) is 0 Å². The highest BCUT2D eigenvalue weighted by Gasteiger charge is 2.29. The van der Waals surface area contributed by atoms with Gasteiger partial charge in [0.25, 0.3) is 0 Å². The number of nitrogens with one attached hydrogen (secondary N) is 1. The normalized spacial score (nSPS) is 18.9. The number of carbonyl (C=O) groups is 2. The van der Waals surface area contributed by atoms with E-state index in [-0.39, 0.29) is 24.9 Å². The molecule has 0 saturated carbocycles. The summed E-state index contributed by atoms with van der Waals surface area (Å²) in [7, 11) is 0. The molecule has 1 aliphatic rings. The highest BCUT2D eigenvalue weighted by atomic mass is 16.5. The fourth-order valence-electron chi connectivity index (χ4n) is 2.23. The molecule has 0 radical (unpaired) electrons. The lowest BCUT2D eigenvalue weighted by molar-refractivity contribution is -0.149. The molecule has 1 fully saturated rings. The van der Waals surface area contributed by atoms with Crippen LogP contribution in [0, 0.1) is 0 Å². The van der Waals surface area contributed by atoms with Crippen LogP contribution in [0.5, 0.6) is 0 Å². The van der Waals surface area contributed by atoms with E-state index >= 15 is 0 Å². The Morgan fingerprint density at radius 1 is 1.40 bits per heavy atom. The number of likely N-dealkylation sites (N-methyl/N-ethyl adjacent to an activating group) is 1. The van der Waals surface area contributed by atoms with Crippen molar-refractivity contribution in [2.75, 3.05) is 19.6 Å². The highest BCUT2D eigenvalue weighted by molar-refractivity contribution is 5.87. The summed E-state index contributed by atoms with van der Waals surface area (Å²) in [6.45, 7) is 4.28. The van der Waals surface area contributed by atoms with Crippen molar-refractivity contribution >= 4 is 11.9 Å².